The van der Waals surface area contributed by atoms with E-state index in [9.17, 15) is 14.0 Å². The van der Waals surface area contributed by atoms with Crippen LogP contribution in [-0.2, 0) is 0 Å². The molecule has 0 spiro atoms. The molecule has 1 aromatic heterocycles. The van der Waals surface area contributed by atoms with Crippen LogP contribution in [0.2, 0.25) is 5.02 Å². The van der Waals surface area contributed by atoms with Crippen molar-refractivity contribution in [1.82, 2.24) is 5.32 Å². The SMILES string of the molecule is O=C1N[C@@H](c2ccc(F)cc2)c2c1oc1ccc(Cl)cc1c2=O. The second-order valence-electron chi connectivity index (χ2n) is 5.27. The molecular weight excluding hydrogens is 321 g/mol. The summed E-state index contributed by atoms with van der Waals surface area (Å²) in [5, 5.41) is 3.41. The van der Waals surface area contributed by atoms with Crippen LogP contribution < -0.4 is 10.7 Å². The summed E-state index contributed by atoms with van der Waals surface area (Å²) in [6.07, 6.45) is 0. The van der Waals surface area contributed by atoms with Crippen molar-refractivity contribution >= 4 is 28.5 Å². The zero-order chi connectivity index (χ0) is 16.1. The van der Waals surface area contributed by atoms with Gasteiger partial charge in [-0.05, 0) is 35.9 Å². The zero-order valence-electron chi connectivity index (χ0n) is 11.6. The average Bonchev–Trinajstić information content (AvgIpc) is 2.86. The Kier molecular flexibility index (Phi) is 2.99. The van der Waals surface area contributed by atoms with Crippen molar-refractivity contribution in [3.8, 4) is 0 Å². The first-order chi connectivity index (χ1) is 11.0. The Morgan fingerprint density at radius 3 is 2.57 bits per heavy atom. The van der Waals surface area contributed by atoms with Gasteiger partial charge in [0.2, 0.25) is 5.76 Å². The Labute approximate surface area is 134 Å². The Morgan fingerprint density at radius 2 is 1.83 bits per heavy atom. The lowest BCUT2D eigenvalue weighted by atomic mass is 9.99. The van der Waals surface area contributed by atoms with E-state index in [2.05, 4.69) is 5.32 Å². The van der Waals surface area contributed by atoms with Crippen LogP contribution >= 0.6 is 11.6 Å². The molecule has 4 rings (SSSR count). The fraction of sp³-hybridized carbons (Fsp3) is 0.0588. The van der Waals surface area contributed by atoms with Gasteiger partial charge in [0.15, 0.2) is 5.43 Å². The second kappa shape index (κ2) is 4.93. The number of benzene rings is 2. The molecule has 1 amide bonds. The van der Waals surface area contributed by atoms with Gasteiger partial charge >= 0.3 is 0 Å². The molecule has 1 aliphatic heterocycles. The highest BCUT2D eigenvalue weighted by Gasteiger charge is 2.35. The molecule has 1 atom stereocenters. The Morgan fingerprint density at radius 1 is 1.09 bits per heavy atom. The number of carbonyl (C=O) groups is 1. The van der Waals surface area contributed by atoms with Crippen LogP contribution in [-0.4, -0.2) is 5.91 Å². The van der Waals surface area contributed by atoms with Crippen molar-refractivity contribution < 1.29 is 13.6 Å². The molecule has 2 heterocycles. The minimum Gasteiger partial charge on any atom is -0.450 e. The summed E-state index contributed by atoms with van der Waals surface area (Å²) in [4.78, 5) is 24.9. The van der Waals surface area contributed by atoms with Gasteiger partial charge in [0, 0.05) is 5.02 Å². The quantitative estimate of drug-likeness (QED) is 0.744. The lowest BCUT2D eigenvalue weighted by Crippen LogP contribution is -2.21. The maximum absolute atomic E-state index is 13.1. The van der Waals surface area contributed by atoms with Crippen molar-refractivity contribution in [3.63, 3.8) is 0 Å². The van der Waals surface area contributed by atoms with Crippen molar-refractivity contribution in [2.75, 3.05) is 0 Å². The van der Waals surface area contributed by atoms with Crippen LogP contribution in [0.15, 0.2) is 51.7 Å². The van der Waals surface area contributed by atoms with E-state index in [1.54, 1.807) is 12.1 Å². The number of halogens is 2. The van der Waals surface area contributed by atoms with E-state index in [4.69, 9.17) is 16.0 Å². The predicted molar refractivity (Wildman–Crippen MR) is 83.2 cm³/mol. The molecule has 0 fully saturated rings. The van der Waals surface area contributed by atoms with Crippen molar-refractivity contribution in [2.24, 2.45) is 0 Å². The number of nitrogens with one attached hydrogen (secondary N) is 1. The van der Waals surface area contributed by atoms with Crippen molar-refractivity contribution in [2.45, 2.75) is 6.04 Å². The summed E-state index contributed by atoms with van der Waals surface area (Å²) >= 11 is 5.94. The van der Waals surface area contributed by atoms with Gasteiger partial charge < -0.3 is 9.73 Å². The molecule has 0 unspecified atom stereocenters. The highest BCUT2D eigenvalue weighted by atomic mass is 35.5. The van der Waals surface area contributed by atoms with Gasteiger partial charge in [0.25, 0.3) is 5.91 Å². The molecule has 23 heavy (non-hydrogen) atoms. The Hall–Kier alpha value is -2.66. The lowest BCUT2D eigenvalue weighted by molar-refractivity contribution is 0.0938. The van der Waals surface area contributed by atoms with Gasteiger partial charge in [0.1, 0.15) is 11.4 Å². The summed E-state index contributed by atoms with van der Waals surface area (Å²) in [5.74, 6) is -0.877. The van der Waals surface area contributed by atoms with Gasteiger partial charge in [-0.25, -0.2) is 4.39 Å². The van der Waals surface area contributed by atoms with Crippen LogP contribution in [0, 0.1) is 5.82 Å². The highest BCUT2D eigenvalue weighted by Crippen LogP contribution is 2.31. The third kappa shape index (κ3) is 2.12. The second-order valence-corrected chi connectivity index (χ2v) is 5.71. The molecular formula is C17H9ClFNO3. The number of hydrogen-bond acceptors (Lipinski definition) is 3. The van der Waals surface area contributed by atoms with Crippen molar-refractivity contribution in [1.29, 1.82) is 0 Å². The maximum Gasteiger partial charge on any atom is 0.288 e. The Bertz CT molecular complexity index is 1010. The summed E-state index contributed by atoms with van der Waals surface area (Å²) in [7, 11) is 0. The summed E-state index contributed by atoms with van der Waals surface area (Å²) < 4.78 is 18.7. The van der Waals surface area contributed by atoms with Crippen LogP contribution in [0.25, 0.3) is 11.0 Å². The minimum atomic E-state index is -0.669. The minimum absolute atomic E-state index is 0.0147. The van der Waals surface area contributed by atoms with E-state index in [1.807, 2.05) is 0 Å². The number of amides is 1. The third-order valence-electron chi connectivity index (χ3n) is 3.86. The summed E-state index contributed by atoms with van der Waals surface area (Å²) in [6.45, 7) is 0. The van der Waals surface area contributed by atoms with Crippen LogP contribution in [0.3, 0.4) is 0 Å². The molecule has 0 bridgehead atoms. The first-order valence-electron chi connectivity index (χ1n) is 6.87. The molecule has 0 radical (unpaired) electrons. The smallest absolute Gasteiger partial charge is 0.288 e. The monoisotopic (exact) mass is 329 g/mol. The number of carbonyl (C=O) groups excluding carboxylic acids is 1. The van der Waals surface area contributed by atoms with E-state index in [0.717, 1.165) is 0 Å². The standard InChI is InChI=1S/C17H9ClFNO3/c18-9-3-6-12-11(7-9)15(21)13-14(20-17(22)16(13)23-12)8-1-4-10(19)5-2-8/h1-7,14H,(H,20,22)/t14-/m0/s1. The highest BCUT2D eigenvalue weighted by molar-refractivity contribution is 6.31. The molecule has 2 aromatic carbocycles. The molecule has 4 nitrogen and oxygen atoms in total. The third-order valence-corrected chi connectivity index (χ3v) is 4.10. The molecule has 0 saturated heterocycles. The average molecular weight is 330 g/mol. The first-order valence-corrected chi connectivity index (χ1v) is 7.25. The molecule has 114 valence electrons. The van der Waals surface area contributed by atoms with Crippen LogP contribution in [0.1, 0.15) is 27.7 Å². The fourth-order valence-corrected chi connectivity index (χ4v) is 2.96. The van der Waals surface area contributed by atoms with Gasteiger partial charge in [0.05, 0.1) is 17.0 Å². The van der Waals surface area contributed by atoms with Gasteiger partial charge in [-0.1, -0.05) is 23.7 Å². The number of hydrogen-bond donors (Lipinski definition) is 1. The van der Waals surface area contributed by atoms with Crippen LogP contribution in [0.5, 0.6) is 0 Å². The van der Waals surface area contributed by atoms with E-state index < -0.39 is 17.8 Å². The van der Waals surface area contributed by atoms with E-state index >= 15 is 0 Å². The fourth-order valence-electron chi connectivity index (χ4n) is 2.79. The predicted octanol–water partition coefficient (Wildman–Crippen LogP) is 3.42. The molecule has 3 aromatic rings. The molecule has 1 N–H and O–H groups in total. The molecule has 0 aliphatic carbocycles. The number of fused-ring (bicyclic) bond motifs is 2. The van der Waals surface area contributed by atoms with Crippen molar-refractivity contribution in [3.05, 3.63) is 80.4 Å². The van der Waals surface area contributed by atoms with Gasteiger partial charge in [-0.3, -0.25) is 9.59 Å². The van der Waals surface area contributed by atoms with E-state index in [0.29, 0.717) is 21.6 Å². The normalized spacial score (nSPS) is 16.4. The first kappa shape index (κ1) is 14.0. The summed E-state index contributed by atoms with van der Waals surface area (Å²) in [6, 6.07) is 9.58. The topological polar surface area (TPSA) is 59.3 Å². The maximum atomic E-state index is 13.1. The largest absolute Gasteiger partial charge is 0.450 e. The zero-order valence-corrected chi connectivity index (χ0v) is 12.4. The molecule has 0 saturated carbocycles. The molecule has 6 heteroatoms. The van der Waals surface area contributed by atoms with Crippen LogP contribution in [0.4, 0.5) is 4.39 Å². The van der Waals surface area contributed by atoms with E-state index in [1.165, 1.54) is 30.3 Å². The van der Waals surface area contributed by atoms with E-state index in [-0.39, 0.29) is 16.8 Å². The van der Waals surface area contributed by atoms with Gasteiger partial charge in [-0.2, -0.15) is 0 Å². The number of rotatable bonds is 1. The summed E-state index contributed by atoms with van der Waals surface area (Å²) in [5.41, 5.74) is 0.799. The lowest BCUT2D eigenvalue weighted by Gasteiger charge is -2.11. The Balaban J connectivity index is 1.99. The molecule has 1 aliphatic rings. The van der Waals surface area contributed by atoms with Gasteiger partial charge in [-0.15, -0.1) is 0 Å².